The summed E-state index contributed by atoms with van der Waals surface area (Å²) in [7, 11) is 3.22. The van der Waals surface area contributed by atoms with Crippen LogP contribution in [0.3, 0.4) is 0 Å². The molecule has 0 atom stereocenters. The summed E-state index contributed by atoms with van der Waals surface area (Å²) in [6.45, 7) is 6.37. The summed E-state index contributed by atoms with van der Waals surface area (Å²) in [6.07, 6.45) is 0. The van der Waals surface area contributed by atoms with E-state index in [9.17, 15) is 0 Å². The lowest BCUT2D eigenvalue weighted by molar-refractivity contribution is 0.354. The van der Waals surface area contributed by atoms with Crippen molar-refractivity contribution in [3.05, 3.63) is 17.7 Å². The van der Waals surface area contributed by atoms with Gasteiger partial charge in [-0.3, -0.25) is 0 Å². The van der Waals surface area contributed by atoms with Gasteiger partial charge >= 0.3 is 0 Å². The van der Waals surface area contributed by atoms with Crippen molar-refractivity contribution >= 4 is 0 Å². The average molecular weight is 195 g/mol. The lowest BCUT2D eigenvalue weighted by atomic mass is 9.88. The van der Waals surface area contributed by atoms with Crippen LogP contribution in [0.1, 0.15) is 26.3 Å². The molecular weight excluding hydrogens is 178 g/mol. The van der Waals surface area contributed by atoms with Gasteiger partial charge in [-0.1, -0.05) is 20.8 Å². The van der Waals surface area contributed by atoms with Gasteiger partial charge in [0.1, 0.15) is 0 Å². The third-order valence-corrected chi connectivity index (χ3v) is 2.05. The highest BCUT2D eigenvalue weighted by molar-refractivity contribution is 5.35. The quantitative estimate of drug-likeness (QED) is 0.726. The molecule has 1 rings (SSSR count). The maximum atomic E-state index is 5.22. The first-order chi connectivity index (χ1) is 6.49. The van der Waals surface area contributed by atoms with E-state index in [4.69, 9.17) is 9.47 Å². The number of ether oxygens (including phenoxy) is 2. The molecule has 0 radical (unpaired) electrons. The van der Waals surface area contributed by atoms with E-state index >= 15 is 0 Å². The Morgan fingerprint density at radius 2 is 1.71 bits per heavy atom. The van der Waals surface area contributed by atoms with E-state index in [1.165, 1.54) is 0 Å². The van der Waals surface area contributed by atoms with Crippen LogP contribution >= 0.6 is 0 Å². The van der Waals surface area contributed by atoms with Gasteiger partial charge in [0, 0.05) is 11.6 Å². The van der Waals surface area contributed by atoms with Crippen molar-refractivity contribution in [2.45, 2.75) is 26.2 Å². The zero-order valence-corrected chi connectivity index (χ0v) is 9.42. The molecule has 0 amide bonds. The normalized spacial score (nSPS) is 11.2. The fourth-order valence-electron chi connectivity index (χ4n) is 1.26. The molecule has 14 heavy (non-hydrogen) atoms. The number of hydrogen-bond donors (Lipinski definition) is 0. The van der Waals surface area contributed by atoms with Crippen molar-refractivity contribution in [1.82, 2.24) is 4.98 Å². The molecule has 3 heteroatoms. The summed E-state index contributed by atoms with van der Waals surface area (Å²) in [5.74, 6) is 1.21. The van der Waals surface area contributed by atoms with Crippen LogP contribution < -0.4 is 9.47 Å². The Balaban J connectivity index is 3.18. The summed E-state index contributed by atoms with van der Waals surface area (Å²) in [4.78, 5) is 4.23. The highest BCUT2D eigenvalue weighted by Crippen LogP contribution is 2.30. The van der Waals surface area contributed by atoms with E-state index in [-0.39, 0.29) is 5.41 Å². The van der Waals surface area contributed by atoms with Crippen LogP contribution in [0.4, 0.5) is 0 Å². The van der Waals surface area contributed by atoms with Gasteiger partial charge < -0.3 is 9.47 Å². The van der Waals surface area contributed by atoms with Crippen molar-refractivity contribution in [2.75, 3.05) is 14.2 Å². The number of rotatable bonds is 2. The van der Waals surface area contributed by atoms with Gasteiger partial charge in [-0.2, -0.15) is 4.98 Å². The molecule has 3 nitrogen and oxygen atoms in total. The Morgan fingerprint density at radius 1 is 1.07 bits per heavy atom. The van der Waals surface area contributed by atoms with E-state index in [0.717, 1.165) is 5.56 Å². The zero-order valence-electron chi connectivity index (χ0n) is 9.42. The Hall–Kier alpha value is -1.25. The van der Waals surface area contributed by atoms with E-state index in [1.807, 2.05) is 12.1 Å². The number of nitrogens with zero attached hydrogens (tertiary/aromatic N) is 1. The maximum absolute atomic E-state index is 5.22. The topological polar surface area (TPSA) is 31.4 Å². The standard InChI is InChI=1S/C11H17NO2/c1-11(2,3)8-6-7-9(13-4)12-10(8)14-5/h6-7H,1-5H3. The van der Waals surface area contributed by atoms with Crippen LogP contribution in [-0.4, -0.2) is 19.2 Å². The van der Waals surface area contributed by atoms with Crippen LogP contribution in [0.25, 0.3) is 0 Å². The SMILES string of the molecule is COc1ccc(C(C)(C)C)c(OC)n1. The summed E-state index contributed by atoms with van der Waals surface area (Å²) in [6, 6.07) is 3.84. The Bertz CT molecular complexity index is 316. The monoisotopic (exact) mass is 195 g/mol. The molecule has 0 aliphatic carbocycles. The molecule has 0 N–H and O–H groups in total. The number of hydrogen-bond acceptors (Lipinski definition) is 3. The number of methoxy groups -OCH3 is 2. The molecule has 0 fully saturated rings. The molecule has 1 aromatic heterocycles. The first-order valence-corrected chi connectivity index (χ1v) is 4.58. The van der Waals surface area contributed by atoms with Crippen molar-refractivity contribution in [1.29, 1.82) is 0 Å². The number of aromatic nitrogens is 1. The maximum Gasteiger partial charge on any atom is 0.220 e. The highest BCUT2D eigenvalue weighted by atomic mass is 16.5. The molecule has 0 saturated heterocycles. The van der Waals surface area contributed by atoms with Gasteiger partial charge in [-0.05, 0) is 11.5 Å². The Kier molecular flexibility index (Phi) is 2.99. The molecular formula is C11H17NO2. The molecule has 0 aliphatic heterocycles. The molecule has 0 aliphatic rings. The predicted molar refractivity (Wildman–Crippen MR) is 56.0 cm³/mol. The zero-order chi connectivity index (χ0) is 10.8. The van der Waals surface area contributed by atoms with E-state index in [2.05, 4.69) is 25.8 Å². The molecule has 0 aromatic carbocycles. The highest BCUT2D eigenvalue weighted by Gasteiger charge is 2.20. The summed E-state index contributed by atoms with van der Waals surface area (Å²) < 4.78 is 10.3. The van der Waals surface area contributed by atoms with Gasteiger partial charge in [0.15, 0.2) is 0 Å². The molecule has 1 heterocycles. The minimum Gasteiger partial charge on any atom is -0.481 e. The van der Waals surface area contributed by atoms with Gasteiger partial charge in [0.25, 0.3) is 0 Å². The summed E-state index contributed by atoms with van der Waals surface area (Å²) in [5, 5.41) is 0. The summed E-state index contributed by atoms with van der Waals surface area (Å²) >= 11 is 0. The first kappa shape index (κ1) is 10.8. The van der Waals surface area contributed by atoms with Gasteiger partial charge in [0.2, 0.25) is 11.8 Å². The molecule has 0 saturated carbocycles. The van der Waals surface area contributed by atoms with Crippen molar-refractivity contribution in [3.8, 4) is 11.8 Å². The van der Waals surface area contributed by atoms with Crippen molar-refractivity contribution in [3.63, 3.8) is 0 Å². The van der Waals surface area contributed by atoms with Crippen LogP contribution in [0.2, 0.25) is 0 Å². The minimum absolute atomic E-state index is 0.0324. The minimum atomic E-state index is 0.0324. The smallest absolute Gasteiger partial charge is 0.220 e. The fourth-order valence-corrected chi connectivity index (χ4v) is 1.26. The molecule has 78 valence electrons. The van der Waals surface area contributed by atoms with E-state index < -0.39 is 0 Å². The molecule has 0 bridgehead atoms. The van der Waals surface area contributed by atoms with Crippen molar-refractivity contribution in [2.24, 2.45) is 0 Å². The van der Waals surface area contributed by atoms with Gasteiger partial charge in [-0.25, -0.2) is 0 Å². The fraction of sp³-hybridized carbons (Fsp3) is 0.545. The van der Waals surface area contributed by atoms with Gasteiger partial charge in [0.05, 0.1) is 14.2 Å². The second-order valence-electron chi connectivity index (χ2n) is 4.16. The van der Waals surface area contributed by atoms with Crippen LogP contribution in [0, 0.1) is 0 Å². The molecule has 1 aromatic rings. The third kappa shape index (κ3) is 2.16. The second kappa shape index (κ2) is 3.86. The van der Waals surface area contributed by atoms with Crippen LogP contribution in [0.15, 0.2) is 12.1 Å². The van der Waals surface area contributed by atoms with Crippen LogP contribution in [0.5, 0.6) is 11.8 Å². The summed E-state index contributed by atoms with van der Waals surface area (Å²) in [5.41, 5.74) is 1.12. The Labute approximate surface area is 85.1 Å². The Morgan fingerprint density at radius 3 is 2.14 bits per heavy atom. The number of pyridine rings is 1. The first-order valence-electron chi connectivity index (χ1n) is 4.58. The van der Waals surface area contributed by atoms with Gasteiger partial charge in [-0.15, -0.1) is 0 Å². The molecule has 0 spiro atoms. The second-order valence-corrected chi connectivity index (χ2v) is 4.16. The largest absolute Gasteiger partial charge is 0.481 e. The predicted octanol–water partition coefficient (Wildman–Crippen LogP) is 2.40. The third-order valence-electron chi connectivity index (χ3n) is 2.05. The van der Waals surface area contributed by atoms with Crippen molar-refractivity contribution < 1.29 is 9.47 Å². The lowest BCUT2D eigenvalue weighted by Crippen LogP contribution is -2.13. The lowest BCUT2D eigenvalue weighted by Gasteiger charge is -2.21. The van der Waals surface area contributed by atoms with Crippen LogP contribution in [-0.2, 0) is 5.41 Å². The molecule has 0 unspecified atom stereocenters. The average Bonchev–Trinajstić information content (AvgIpc) is 2.15. The van der Waals surface area contributed by atoms with E-state index in [0.29, 0.717) is 11.8 Å². The van der Waals surface area contributed by atoms with E-state index in [1.54, 1.807) is 14.2 Å².